The molecule has 0 aliphatic carbocycles. The maximum absolute atomic E-state index is 12.5. The summed E-state index contributed by atoms with van der Waals surface area (Å²) in [4.78, 5) is 13.5. The normalized spacial score (nSPS) is 20.7. The van der Waals surface area contributed by atoms with Crippen molar-refractivity contribution in [1.82, 2.24) is 10.0 Å². The molecule has 1 saturated heterocycles. The molecule has 2 aliphatic heterocycles. The van der Waals surface area contributed by atoms with Crippen molar-refractivity contribution in [2.24, 2.45) is 0 Å². The molecular weight excluding hydrogens is 338 g/mol. The molecule has 8 heteroatoms. The number of piperidine rings is 1. The molecule has 1 atom stereocenters. The second-order valence-corrected chi connectivity index (χ2v) is 7.59. The van der Waals surface area contributed by atoms with E-state index in [2.05, 4.69) is 10.0 Å². The fourth-order valence-electron chi connectivity index (χ4n) is 3.09. The molecule has 1 amide bonds. The van der Waals surface area contributed by atoms with Crippen LogP contribution in [0.25, 0.3) is 0 Å². The zero-order valence-corrected chi connectivity index (χ0v) is 14.7. The average molecular weight is 360 g/mol. The van der Waals surface area contributed by atoms with E-state index in [1.807, 2.05) is 6.07 Å². The first kappa shape index (κ1) is 18.2. The predicted octanol–water partition coefficient (Wildman–Crippen LogP) is 1.05. The minimum absolute atomic E-state index is 0. The van der Waals surface area contributed by atoms with Crippen LogP contribution in [0.4, 0.5) is 5.69 Å². The fraction of sp³-hybridized carbons (Fsp3) is 0.533. The number of rotatable bonds is 3. The third kappa shape index (κ3) is 3.85. The number of sulfonamides is 1. The highest BCUT2D eigenvalue weighted by Gasteiger charge is 2.26. The van der Waals surface area contributed by atoms with Gasteiger partial charge in [0, 0.05) is 31.7 Å². The van der Waals surface area contributed by atoms with Crippen LogP contribution in [-0.2, 0) is 21.2 Å². The number of halogens is 1. The van der Waals surface area contributed by atoms with Crippen LogP contribution in [0.2, 0.25) is 0 Å². The molecule has 6 nitrogen and oxygen atoms in total. The summed E-state index contributed by atoms with van der Waals surface area (Å²) in [5.74, 6) is -0.0577. The molecule has 23 heavy (non-hydrogen) atoms. The monoisotopic (exact) mass is 359 g/mol. The van der Waals surface area contributed by atoms with Crippen LogP contribution in [0.3, 0.4) is 0 Å². The van der Waals surface area contributed by atoms with Gasteiger partial charge in [-0.15, -0.1) is 12.4 Å². The van der Waals surface area contributed by atoms with Gasteiger partial charge in [-0.2, -0.15) is 0 Å². The van der Waals surface area contributed by atoms with Crippen molar-refractivity contribution in [2.75, 3.05) is 24.5 Å². The average Bonchev–Trinajstić information content (AvgIpc) is 2.91. The van der Waals surface area contributed by atoms with Crippen molar-refractivity contribution < 1.29 is 13.2 Å². The van der Waals surface area contributed by atoms with E-state index in [1.54, 1.807) is 17.0 Å². The molecule has 0 spiro atoms. The van der Waals surface area contributed by atoms with Gasteiger partial charge in [0.2, 0.25) is 15.9 Å². The first-order chi connectivity index (χ1) is 10.5. The number of fused-ring (bicyclic) bond motifs is 1. The first-order valence-corrected chi connectivity index (χ1v) is 9.10. The van der Waals surface area contributed by atoms with E-state index in [-0.39, 0.29) is 29.3 Å². The molecule has 128 valence electrons. The Balaban J connectivity index is 0.00000192. The van der Waals surface area contributed by atoms with Crippen molar-refractivity contribution in [3.63, 3.8) is 0 Å². The van der Waals surface area contributed by atoms with Gasteiger partial charge < -0.3 is 10.2 Å². The summed E-state index contributed by atoms with van der Waals surface area (Å²) in [6, 6.07) is 4.98. The zero-order valence-electron chi connectivity index (χ0n) is 13.0. The van der Waals surface area contributed by atoms with E-state index < -0.39 is 10.0 Å². The van der Waals surface area contributed by atoms with Crippen molar-refractivity contribution in [3.05, 3.63) is 23.8 Å². The van der Waals surface area contributed by atoms with E-state index >= 15 is 0 Å². The topological polar surface area (TPSA) is 78.5 Å². The lowest BCUT2D eigenvalue weighted by Gasteiger charge is -2.24. The Kier molecular flexibility index (Phi) is 5.67. The summed E-state index contributed by atoms with van der Waals surface area (Å²) in [5, 5.41) is 3.19. The van der Waals surface area contributed by atoms with Crippen LogP contribution < -0.4 is 14.9 Å². The molecule has 0 aromatic heterocycles. The highest BCUT2D eigenvalue weighted by molar-refractivity contribution is 7.89. The summed E-state index contributed by atoms with van der Waals surface area (Å²) in [7, 11) is -3.56. The van der Waals surface area contributed by atoms with Crippen LogP contribution >= 0.6 is 12.4 Å². The van der Waals surface area contributed by atoms with Crippen molar-refractivity contribution >= 4 is 34.0 Å². The standard InChI is InChI=1S/C15H21N3O3S.ClH/c1-11(19)18-8-6-12-4-5-14(9-15(12)18)22(20,21)17-13-3-2-7-16-10-13;/h4-5,9,13,16-17H,2-3,6-8,10H2,1H3;1H. The van der Waals surface area contributed by atoms with E-state index in [0.717, 1.165) is 37.1 Å². The Bertz CT molecular complexity index is 687. The lowest BCUT2D eigenvalue weighted by molar-refractivity contribution is -0.116. The van der Waals surface area contributed by atoms with Crippen LogP contribution in [-0.4, -0.2) is 40.0 Å². The van der Waals surface area contributed by atoms with E-state index in [4.69, 9.17) is 0 Å². The fourth-order valence-corrected chi connectivity index (χ4v) is 4.38. The van der Waals surface area contributed by atoms with Crippen molar-refractivity contribution in [3.8, 4) is 0 Å². The molecule has 1 aromatic rings. The molecule has 2 heterocycles. The van der Waals surface area contributed by atoms with Crippen LogP contribution in [0.1, 0.15) is 25.3 Å². The van der Waals surface area contributed by atoms with E-state index in [1.165, 1.54) is 6.92 Å². The Morgan fingerprint density at radius 2 is 2.17 bits per heavy atom. The highest BCUT2D eigenvalue weighted by Crippen LogP contribution is 2.30. The molecule has 2 aliphatic rings. The maximum atomic E-state index is 12.5. The zero-order chi connectivity index (χ0) is 15.7. The smallest absolute Gasteiger partial charge is 0.240 e. The number of benzene rings is 1. The molecule has 2 N–H and O–H groups in total. The third-order valence-electron chi connectivity index (χ3n) is 4.26. The number of nitrogens with zero attached hydrogens (tertiary/aromatic N) is 1. The van der Waals surface area contributed by atoms with Crippen molar-refractivity contribution in [1.29, 1.82) is 0 Å². The minimum atomic E-state index is -3.56. The number of anilines is 1. The summed E-state index contributed by atoms with van der Waals surface area (Å²) in [5.41, 5.74) is 1.74. The molecular formula is C15H22ClN3O3S. The second-order valence-electron chi connectivity index (χ2n) is 5.88. The number of carbonyl (C=O) groups excluding carboxylic acids is 1. The summed E-state index contributed by atoms with van der Waals surface area (Å²) < 4.78 is 27.8. The summed E-state index contributed by atoms with van der Waals surface area (Å²) in [6.07, 6.45) is 2.58. The number of hydrogen-bond donors (Lipinski definition) is 2. The van der Waals surface area contributed by atoms with Gasteiger partial charge >= 0.3 is 0 Å². The highest BCUT2D eigenvalue weighted by atomic mass is 35.5. The lowest BCUT2D eigenvalue weighted by atomic mass is 10.1. The Labute approximate surface area is 143 Å². The van der Waals surface area contributed by atoms with Gasteiger partial charge in [0.05, 0.1) is 4.90 Å². The molecule has 1 unspecified atom stereocenters. The van der Waals surface area contributed by atoms with Gasteiger partial charge in [-0.25, -0.2) is 13.1 Å². The van der Waals surface area contributed by atoms with Crippen LogP contribution in [0.5, 0.6) is 0 Å². The second kappa shape index (κ2) is 7.17. The maximum Gasteiger partial charge on any atom is 0.240 e. The number of carbonyl (C=O) groups is 1. The lowest BCUT2D eigenvalue weighted by Crippen LogP contribution is -2.45. The van der Waals surface area contributed by atoms with Gasteiger partial charge in [0.15, 0.2) is 0 Å². The summed E-state index contributed by atoms with van der Waals surface area (Å²) in [6.45, 7) is 3.71. The van der Waals surface area contributed by atoms with Crippen LogP contribution in [0.15, 0.2) is 23.1 Å². The van der Waals surface area contributed by atoms with Gasteiger partial charge in [-0.05, 0) is 43.5 Å². The predicted molar refractivity (Wildman–Crippen MR) is 91.6 cm³/mol. The molecule has 0 radical (unpaired) electrons. The number of nitrogens with one attached hydrogen (secondary N) is 2. The molecule has 0 saturated carbocycles. The van der Waals surface area contributed by atoms with Gasteiger partial charge in [0.1, 0.15) is 0 Å². The number of amides is 1. The minimum Gasteiger partial charge on any atom is -0.315 e. The quantitative estimate of drug-likeness (QED) is 0.845. The van der Waals surface area contributed by atoms with Gasteiger partial charge in [-0.1, -0.05) is 6.07 Å². The SMILES string of the molecule is CC(=O)N1CCc2ccc(S(=O)(=O)NC3CCCNC3)cc21.Cl. The van der Waals surface area contributed by atoms with E-state index in [9.17, 15) is 13.2 Å². The first-order valence-electron chi connectivity index (χ1n) is 7.61. The Morgan fingerprint density at radius 1 is 1.39 bits per heavy atom. The van der Waals surface area contributed by atoms with Gasteiger partial charge in [-0.3, -0.25) is 4.79 Å². The number of hydrogen-bond acceptors (Lipinski definition) is 4. The Morgan fingerprint density at radius 3 is 2.83 bits per heavy atom. The largest absolute Gasteiger partial charge is 0.315 e. The molecule has 3 rings (SSSR count). The van der Waals surface area contributed by atoms with Gasteiger partial charge in [0.25, 0.3) is 0 Å². The molecule has 1 fully saturated rings. The van der Waals surface area contributed by atoms with Crippen molar-refractivity contribution in [2.45, 2.75) is 37.1 Å². The van der Waals surface area contributed by atoms with E-state index in [0.29, 0.717) is 13.1 Å². The van der Waals surface area contributed by atoms with Crippen LogP contribution in [0, 0.1) is 0 Å². The third-order valence-corrected chi connectivity index (χ3v) is 5.78. The molecule has 0 bridgehead atoms. The summed E-state index contributed by atoms with van der Waals surface area (Å²) >= 11 is 0. The Hall–Kier alpha value is -1.15. The molecule has 1 aromatic carbocycles.